The molecule has 0 bridgehead atoms. The number of allylic oxidation sites excluding steroid dienone is 4. The molecule has 1 aromatic carbocycles. The van der Waals surface area contributed by atoms with Crippen molar-refractivity contribution in [3.63, 3.8) is 0 Å². The Morgan fingerprint density at radius 3 is 2.53 bits per heavy atom. The van der Waals surface area contributed by atoms with Gasteiger partial charge >= 0.3 is 0 Å². The third-order valence-corrected chi connectivity index (χ3v) is 9.03. The normalized spacial score (nSPS) is 35.8. The molecule has 3 unspecified atom stereocenters. The number of hydrogen-bond donors (Lipinski definition) is 1. The van der Waals surface area contributed by atoms with Crippen LogP contribution in [0.1, 0.15) is 70.3 Å². The third-order valence-electron chi connectivity index (χ3n) is 9.03. The molecule has 2 saturated carbocycles. The van der Waals surface area contributed by atoms with Gasteiger partial charge in [-0.2, -0.15) is 0 Å². The molecule has 3 nitrogen and oxygen atoms in total. The molecule has 5 atom stereocenters. The molecule has 0 heterocycles. The maximum atomic E-state index is 12.2. The van der Waals surface area contributed by atoms with E-state index >= 15 is 0 Å². The molecule has 0 amide bonds. The Morgan fingerprint density at radius 1 is 1.09 bits per heavy atom. The number of nitrogens with zero attached hydrogens (tertiary/aromatic N) is 1. The number of carbonyl (C=O) groups excluding carboxylic acids is 1. The number of hydrogen-bond acceptors (Lipinski definition) is 3. The first-order chi connectivity index (χ1) is 15.3. The second-order valence-corrected chi connectivity index (χ2v) is 10.8. The van der Waals surface area contributed by atoms with E-state index in [1.807, 2.05) is 13.0 Å². The summed E-state index contributed by atoms with van der Waals surface area (Å²) in [5.74, 6) is 7.76. The van der Waals surface area contributed by atoms with E-state index in [4.69, 9.17) is 0 Å². The Labute approximate surface area is 192 Å². The van der Waals surface area contributed by atoms with Crippen LogP contribution in [0.15, 0.2) is 47.1 Å². The molecule has 0 radical (unpaired) electrons. The lowest BCUT2D eigenvalue weighted by molar-refractivity contribution is -0.114. The fraction of sp³-hybridized carbons (Fsp3) is 0.552. The third kappa shape index (κ3) is 3.11. The van der Waals surface area contributed by atoms with Crippen molar-refractivity contribution in [2.45, 2.75) is 70.3 Å². The van der Waals surface area contributed by atoms with Crippen LogP contribution in [-0.2, 0) is 4.79 Å². The minimum Gasteiger partial charge on any atom is -0.378 e. The highest BCUT2D eigenvalue weighted by atomic mass is 16.3. The summed E-state index contributed by atoms with van der Waals surface area (Å²) in [5.41, 5.74) is 5.71. The van der Waals surface area contributed by atoms with E-state index in [1.165, 1.54) is 22.4 Å². The number of rotatable bonds is 2. The van der Waals surface area contributed by atoms with Gasteiger partial charge in [0.25, 0.3) is 0 Å². The van der Waals surface area contributed by atoms with Crippen LogP contribution in [0.4, 0.5) is 5.69 Å². The molecule has 4 aliphatic rings. The van der Waals surface area contributed by atoms with Crippen molar-refractivity contribution in [3.05, 3.63) is 52.6 Å². The molecule has 5 rings (SSSR count). The molecule has 168 valence electrons. The first-order valence-corrected chi connectivity index (χ1v) is 12.2. The minimum atomic E-state index is -0.914. The quantitative estimate of drug-likeness (QED) is 0.640. The van der Waals surface area contributed by atoms with Crippen molar-refractivity contribution < 1.29 is 9.90 Å². The second kappa shape index (κ2) is 7.63. The van der Waals surface area contributed by atoms with Crippen LogP contribution < -0.4 is 4.90 Å². The number of aliphatic hydroxyl groups is 1. The van der Waals surface area contributed by atoms with Gasteiger partial charge in [-0.1, -0.05) is 30.6 Å². The summed E-state index contributed by atoms with van der Waals surface area (Å²) in [6.45, 7) is 4.15. The van der Waals surface area contributed by atoms with Crippen LogP contribution in [-0.4, -0.2) is 30.6 Å². The van der Waals surface area contributed by atoms with Crippen molar-refractivity contribution in [3.8, 4) is 11.8 Å². The summed E-state index contributed by atoms with van der Waals surface area (Å²) in [5, 5.41) is 11.7. The highest BCUT2D eigenvalue weighted by molar-refractivity contribution is 5.93. The van der Waals surface area contributed by atoms with E-state index in [1.54, 1.807) is 5.57 Å². The van der Waals surface area contributed by atoms with Gasteiger partial charge in [0.2, 0.25) is 0 Å². The summed E-state index contributed by atoms with van der Waals surface area (Å²) in [7, 11) is 4.14. The standard InChI is InChI=1S/C29H35NO2/c1-5-15-29(32)16-14-26-24-12-8-20-17-22(31)11-13-23(20)27(24)25(18-28(26,29)2)19-6-9-21(10-7-19)30(3)4/h6-7,9-10,17,24-26,32H,8,11-14,16,18H2,1-4H3/t24?,25?,26?,28-,29-/m0/s1. The largest absolute Gasteiger partial charge is 0.378 e. The van der Waals surface area contributed by atoms with Crippen LogP contribution >= 0.6 is 0 Å². The summed E-state index contributed by atoms with van der Waals surface area (Å²) in [6, 6.07) is 8.97. The van der Waals surface area contributed by atoms with E-state index in [9.17, 15) is 9.90 Å². The zero-order valence-corrected chi connectivity index (χ0v) is 19.9. The van der Waals surface area contributed by atoms with Gasteiger partial charge in [-0.25, -0.2) is 0 Å². The van der Waals surface area contributed by atoms with Crippen molar-refractivity contribution in [1.82, 2.24) is 0 Å². The van der Waals surface area contributed by atoms with E-state index in [-0.39, 0.29) is 17.1 Å². The van der Waals surface area contributed by atoms with Crippen LogP contribution in [0, 0.1) is 29.1 Å². The van der Waals surface area contributed by atoms with Crippen LogP contribution in [0.3, 0.4) is 0 Å². The monoisotopic (exact) mass is 429 g/mol. The number of carbonyl (C=O) groups is 1. The lowest BCUT2D eigenvalue weighted by Crippen LogP contribution is -2.51. The van der Waals surface area contributed by atoms with E-state index in [2.05, 4.69) is 62.0 Å². The van der Waals surface area contributed by atoms with Crippen molar-refractivity contribution >= 4 is 11.5 Å². The lowest BCUT2D eigenvalue weighted by Gasteiger charge is -2.53. The van der Waals surface area contributed by atoms with E-state index in [0.29, 0.717) is 18.3 Å². The number of anilines is 1. The molecule has 3 heteroatoms. The smallest absolute Gasteiger partial charge is 0.156 e. The van der Waals surface area contributed by atoms with Gasteiger partial charge in [0.15, 0.2) is 5.78 Å². The molecule has 0 aromatic heterocycles. The maximum absolute atomic E-state index is 12.2. The number of ketones is 1. The molecule has 1 aromatic rings. The Bertz CT molecular complexity index is 1070. The van der Waals surface area contributed by atoms with Crippen LogP contribution in [0.5, 0.6) is 0 Å². The zero-order chi connectivity index (χ0) is 22.7. The fourth-order valence-corrected chi connectivity index (χ4v) is 7.38. The lowest BCUT2D eigenvalue weighted by atomic mass is 9.51. The topological polar surface area (TPSA) is 40.5 Å². The van der Waals surface area contributed by atoms with Gasteiger partial charge in [-0.15, -0.1) is 5.92 Å². The van der Waals surface area contributed by atoms with Gasteiger partial charge in [0.05, 0.1) is 0 Å². The average molecular weight is 430 g/mol. The molecule has 0 saturated heterocycles. The molecule has 4 aliphatic carbocycles. The Kier molecular flexibility index (Phi) is 5.13. The predicted molar refractivity (Wildman–Crippen MR) is 129 cm³/mol. The zero-order valence-electron chi connectivity index (χ0n) is 19.9. The Hall–Kier alpha value is -2.31. The Balaban J connectivity index is 1.67. The minimum absolute atomic E-state index is 0.221. The summed E-state index contributed by atoms with van der Waals surface area (Å²) >= 11 is 0. The number of fused-ring (bicyclic) bond motifs is 4. The van der Waals surface area contributed by atoms with Gasteiger partial charge in [-0.3, -0.25) is 4.79 Å². The van der Waals surface area contributed by atoms with Crippen LogP contribution in [0.2, 0.25) is 0 Å². The molecule has 0 aliphatic heterocycles. The molecular formula is C29H35NO2. The predicted octanol–water partition coefficient (Wildman–Crippen LogP) is 5.41. The van der Waals surface area contributed by atoms with Crippen molar-refractivity contribution in [2.24, 2.45) is 17.3 Å². The van der Waals surface area contributed by atoms with E-state index in [0.717, 1.165) is 38.5 Å². The highest BCUT2D eigenvalue weighted by Gasteiger charge is 2.62. The maximum Gasteiger partial charge on any atom is 0.156 e. The molecule has 0 spiro atoms. The molecule has 32 heavy (non-hydrogen) atoms. The van der Waals surface area contributed by atoms with Crippen molar-refractivity contribution in [2.75, 3.05) is 19.0 Å². The van der Waals surface area contributed by atoms with Gasteiger partial charge in [0.1, 0.15) is 5.60 Å². The van der Waals surface area contributed by atoms with Crippen LogP contribution in [0.25, 0.3) is 0 Å². The molecular weight excluding hydrogens is 394 g/mol. The summed E-state index contributed by atoms with van der Waals surface area (Å²) in [6.07, 6.45) is 8.23. The Morgan fingerprint density at radius 2 is 1.84 bits per heavy atom. The summed E-state index contributed by atoms with van der Waals surface area (Å²) < 4.78 is 0. The fourth-order valence-electron chi connectivity index (χ4n) is 7.38. The van der Waals surface area contributed by atoms with Gasteiger partial charge in [0, 0.05) is 37.5 Å². The SMILES string of the molecule is CC#C[C@]1(O)CCC2C3CCC4=CC(=O)CCC4=C3C(c3ccc(N(C)C)cc3)C[C@@]21C. The first kappa shape index (κ1) is 21.5. The average Bonchev–Trinajstić information content (AvgIpc) is 3.03. The molecule has 2 fully saturated rings. The van der Waals surface area contributed by atoms with Gasteiger partial charge in [-0.05, 0) is 92.2 Å². The molecule has 1 N–H and O–H groups in total. The van der Waals surface area contributed by atoms with E-state index < -0.39 is 5.60 Å². The second-order valence-electron chi connectivity index (χ2n) is 10.8. The number of benzene rings is 1. The van der Waals surface area contributed by atoms with Crippen molar-refractivity contribution in [1.29, 1.82) is 0 Å². The first-order valence-electron chi connectivity index (χ1n) is 12.2. The highest BCUT2D eigenvalue weighted by Crippen LogP contribution is 2.66. The summed E-state index contributed by atoms with van der Waals surface area (Å²) in [4.78, 5) is 14.3. The van der Waals surface area contributed by atoms with Gasteiger partial charge < -0.3 is 10.0 Å².